The van der Waals surface area contributed by atoms with E-state index < -0.39 is 0 Å². The van der Waals surface area contributed by atoms with Crippen molar-refractivity contribution in [3.63, 3.8) is 0 Å². The van der Waals surface area contributed by atoms with E-state index in [0.29, 0.717) is 9.90 Å². The third kappa shape index (κ3) is 1.61. The number of nitrogens with one attached hydrogen (secondary N) is 1. The first kappa shape index (κ1) is 10.4. The van der Waals surface area contributed by atoms with Gasteiger partial charge in [0.25, 0.3) is 5.91 Å². The number of aryl methyl sites for hydroxylation is 1. The number of fused-ring (bicyclic) bond motifs is 1. The molecule has 1 aromatic carbocycles. The van der Waals surface area contributed by atoms with E-state index in [0.717, 1.165) is 15.6 Å². The van der Waals surface area contributed by atoms with Crippen LogP contribution in [0.5, 0.6) is 0 Å². The summed E-state index contributed by atoms with van der Waals surface area (Å²) in [5.74, 6) is 4.73. The van der Waals surface area contributed by atoms with Gasteiger partial charge < -0.3 is 0 Å². The van der Waals surface area contributed by atoms with Crippen molar-refractivity contribution < 1.29 is 4.79 Å². The number of hydrogen-bond donors (Lipinski definition) is 2. The Morgan fingerprint density at radius 2 is 2.27 bits per heavy atom. The Morgan fingerprint density at radius 3 is 2.87 bits per heavy atom. The Labute approximate surface area is 95.8 Å². The number of carbonyl (C=O) groups excluding carboxylic acids is 1. The number of nitrogen functional groups attached to an aromatic ring is 1. The highest BCUT2D eigenvalue weighted by atomic mass is 35.5. The molecule has 0 atom stereocenters. The molecule has 2 aromatic rings. The van der Waals surface area contributed by atoms with Gasteiger partial charge in [-0.1, -0.05) is 23.7 Å². The predicted molar refractivity (Wildman–Crippen MR) is 63.2 cm³/mol. The van der Waals surface area contributed by atoms with Gasteiger partial charge in [0.05, 0.1) is 5.02 Å². The lowest BCUT2D eigenvalue weighted by atomic mass is 10.1. The summed E-state index contributed by atoms with van der Waals surface area (Å²) in [6.45, 7) is 1.96. The molecule has 1 aromatic heterocycles. The van der Waals surface area contributed by atoms with Gasteiger partial charge in [0, 0.05) is 10.1 Å². The second kappa shape index (κ2) is 3.81. The molecule has 0 saturated heterocycles. The van der Waals surface area contributed by atoms with E-state index in [9.17, 15) is 4.79 Å². The molecule has 0 bridgehead atoms. The quantitative estimate of drug-likeness (QED) is 0.457. The van der Waals surface area contributed by atoms with E-state index in [2.05, 4.69) is 5.43 Å². The summed E-state index contributed by atoms with van der Waals surface area (Å²) >= 11 is 7.48. The van der Waals surface area contributed by atoms with Gasteiger partial charge >= 0.3 is 0 Å². The highest BCUT2D eigenvalue weighted by Crippen LogP contribution is 2.36. The van der Waals surface area contributed by atoms with Crippen LogP contribution >= 0.6 is 22.9 Å². The number of halogens is 1. The molecule has 15 heavy (non-hydrogen) atoms. The van der Waals surface area contributed by atoms with Crippen molar-refractivity contribution >= 4 is 38.9 Å². The first-order valence-corrected chi connectivity index (χ1v) is 5.53. The predicted octanol–water partition coefficient (Wildman–Crippen LogP) is 2.47. The van der Waals surface area contributed by atoms with Gasteiger partial charge in [-0.3, -0.25) is 10.2 Å². The van der Waals surface area contributed by atoms with Crippen molar-refractivity contribution in [3.05, 3.63) is 33.7 Å². The fourth-order valence-electron chi connectivity index (χ4n) is 1.49. The average molecular weight is 241 g/mol. The molecular weight excluding hydrogens is 232 g/mol. The Morgan fingerprint density at radius 1 is 1.53 bits per heavy atom. The summed E-state index contributed by atoms with van der Waals surface area (Å²) in [6.07, 6.45) is 0. The van der Waals surface area contributed by atoms with Crippen molar-refractivity contribution in [2.24, 2.45) is 5.84 Å². The summed E-state index contributed by atoms with van der Waals surface area (Å²) in [7, 11) is 0. The number of carbonyl (C=O) groups is 1. The van der Waals surface area contributed by atoms with Crippen LogP contribution in [0.2, 0.25) is 5.02 Å². The van der Waals surface area contributed by atoms with Crippen LogP contribution in [0.3, 0.4) is 0 Å². The van der Waals surface area contributed by atoms with E-state index in [4.69, 9.17) is 17.4 Å². The number of amides is 1. The number of nitrogens with two attached hydrogens (primary N) is 1. The van der Waals surface area contributed by atoms with Crippen LogP contribution in [0.15, 0.2) is 18.2 Å². The summed E-state index contributed by atoms with van der Waals surface area (Å²) in [6, 6.07) is 5.84. The zero-order valence-electron chi connectivity index (χ0n) is 8.00. The fraction of sp³-hybridized carbons (Fsp3) is 0.100. The van der Waals surface area contributed by atoms with Crippen molar-refractivity contribution in [2.45, 2.75) is 6.92 Å². The zero-order chi connectivity index (χ0) is 11.0. The van der Waals surface area contributed by atoms with E-state index >= 15 is 0 Å². The monoisotopic (exact) mass is 240 g/mol. The number of hydrazine groups is 1. The summed E-state index contributed by atoms with van der Waals surface area (Å²) in [5, 5.41) is 1.42. The molecule has 1 amide bonds. The van der Waals surface area contributed by atoms with E-state index in [1.54, 1.807) is 0 Å². The van der Waals surface area contributed by atoms with Crippen molar-refractivity contribution in [3.8, 4) is 0 Å². The molecule has 5 heteroatoms. The minimum absolute atomic E-state index is 0.347. The third-order valence-electron chi connectivity index (χ3n) is 2.20. The van der Waals surface area contributed by atoms with Gasteiger partial charge in [-0.05, 0) is 18.6 Å². The van der Waals surface area contributed by atoms with Gasteiger partial charge in [0.2, 0.25) is 0 Å². The molecule has 3 N–H and O–H groups in total. The second-order valence-electron chi connectivity index (χ2n) is 3.17. The smallest absolute Gasteiger partial charge is 0.276 e. The lowest BCUT2D eigenvalue weighted by Crippen LogP contribution is -2.29. The van der Waals surface area contributed by atoms with E-state index in [1.165, 1.54) is 11.3 Å². The average Bonchev–Trinajstić information content (AvgIpc) is 2.56. The number of benzene rings is 1. The molecule has 0 aliphatic rings. The Hall–Kier alpha value is -1.10. The van der Waals surface area contributed by atoms with Crippen molar-refractivity contribution in [1.29, 1.82) is 0 Å². The van der Waals surface area contributed by atoms with Gasteiger partial charge in [0.1, 0.15) is 4.88 Å². The van der Waals surface area contributed by atoms with Crippen LogP contribution in [0.1, 0.15) is 15.2 Å². The fourth-order valence-corrected chi connectivity index (χ4v) is 3.07. The lowest BCUT2D eigenvalue weighted by Gasteiger charge is -1.96. The van der Waals surface area contributed by atoms with E-state index in [-0.39, 0.29) is 5.91 Å². The van der Waals surface area contributed by atoms with Crippen LogP contribution in [-0.4, -0.2) is 5.91 Å². The largest absolute Gasteiger partial charge is 0.289 e. The topological polar surface area (TPSA) is 55.1 Å². The van der Waals surface area contributed by atoms with Crippen molar-refractivity contribution in [2.75, 3.05) is 0 Å². The SMILES string of the molecule is Cc1cccc2sc(C(=O)NN)c(Cl)c12. The van der Waals surface area contributed by atoms with Gasteiger partial charge in [0.15, 0.2) is 0 Å². The third-order valence-corrected chi connectivity index (χ3v) is 3.85. The van der Waals surface area contributed by atoms with Crippen LogP contribution in [0.25, 0.3) is 10.1 Å². The second-order valence-corrected chi connectivity index (χ2v) is 4.60. The molecule has 0 aliphatic heterocycles. The van der Waals surface area contributed by atoms with Crippen molar-refractivity contribution in [1.82, 2.24) is 5.43 Å². The normalized spacial score (nSPS) is 10.6. The van der Waals surface area contributed by atoms with Crippen LogP contribution in [-0.2, 0) is 0 Å². The molecule has 78 valence electrons. The molecule has 3 nitrogen and oxygen atoms in total. The Balaban J connectivity index is 2.75. The summed E-state index contributed by atoms with van der Waals surface area (Å²) in [5.41, 5.74) is 3.15. The minimum Gasteiger partial charge on any atom is -0.289 e. The van der Waals surface area contributed by atoms with Crippen LogP contribution in [0.4, 0.5) is 0 Å². The highest BCUT2D eigenvalue weighted by molar-refractivity contribution is 7.21. The molecule has 0 saturated carbocycles. The first-order chi connectivity index (χ1) is 7.15. The van der Waals surface area contributed by atoms with Gasteiger partial charge in [-0.2, -0.15) is 0 Å². The molecule has 0 spiro atoms. The first-order valence-electron chi connectivity index (χ1n) is 4.33. The lowest BCUT2D eigenvalue weighted by molar-refractivity contribution is 0.0958. The van der Waals surface area contributed by atoms with Crippen LogP contribution < -0.4 is 11.3 Å². The summed E-state index contributed by atoms with van der Waals surface area (Å²) < 4.78 is 0.999. The Bertz CT molecular complexity index is 535. The number of hydrogen-bond acceptors (Lipinski definition) is 3. The Kier molecular flexibility index (Phi) is 2.65. The number of rotatable bonds is 1. The highest BCUT2D eigenvalue weighted by Gasteiger charge is 2.16. The molecule has 0 aliphatic carbocycles. The minimum atomic E-state index is -0.347. The molecule has 2 rings (SSSR count). The standard InChI is InChI=1S/C10H9ClN2OS/c1-5-3-2-4-6-7(5)8(11)9(15-6)10(14)13-12/h2-4H,12H2,1H3,(H,13,14). The zero-order valence-corrected chi connectivity index (χ0v) is 9.58. The van der Waals surface area contributed by atoms with Gasteiger partial charge in [-0.25, -0.2) is 5.84 Å². The molecule has 0 unspecified atom stereocenters. The van der Waals surface area contributed by atoms with E-state index in [1.807, 2.05) is 25.1 Å². The van der Waals surface area contributed by atoms with Crippen LogP contribution in [0, 0.1) is 6.92 Å². The maximum atomic E-state index is 11.4. The number of thiophene rings is 1. The maximum absolute atomic E-state index is 11.4. The molecular formula is C10H9ClN2OS. The maximum Gasteiger partial charge on any atom is 0.276 e. The van der Waals surface area contributed by atoms with Gasteiger partial charge in [-0.15, -0.1) is 11.3 Å². The summed E-state index contributed by atoms with van der Waals surface area (Å²) in [4.78, 5) is 11.9. The molecule has 1 heterocycles. The molecule has 0 fully saturated rings. The molecule has 0 radical (unpaired) electrons.